The molecule has 0 spiro atoms. The predicted octanol–water partition coefficient (Wildman–Crippen LogP) is 5.25. The van der Waals surface area contributed by atoms with E-state index in [-0.39, 0.29) is 0 Å². The molecular formula is C18H34O4. The van der Waals surface area contributed by atoms with Crippen LogP contribution in [0.1, 0.15) is 97.3 Å². The Bertz CT molecular complexity index is 310. The van der Waals surface area contributed by atoms with Crippen molar-refractivity contribution in [2.24, 2.45) is 5.41 Å². The van der Waals surface area contributed by atoms with Crippen molar-refractivity contribution in [3.63, 3.8) is 0 Å². The van der Waals surface area contributed by atoms with Crippen LogP contribution in [0.15, 0.2) is 0 Å². The summed E-state index contributed by atoms with van der Waals surface area (Å²) >= 11 is 0. The maximum atomic E-state index is 11.0. The van der Waals surface area contributed by atoms with Gasteiger partial charge in [-0.15, -0.1) is 0 Å². The van der Waals surface area contributed by atoms with Gasteiger partial charge in [-0.05, 0) is 26.7 Å². The van der Waals surface area contributed by atoms with Crippen molar-refractivity contribution >= 4 is 11.9 Å². The molecule has 2 N–H and O–H groups in total. The fourth-order valence-corrected chi connectivity index (χ4v) is 2.54. The molecule has 4 heteroatoms. The van der Waals surface area contributed by atoms with E-state index >= 15 is 0 Å². The Kier molecular flexibility index (Phi) is 11.9. The lowest BCUT2D eigenvalue weighted by atomic mass is 9.87. The fourth-order valence-electron chi connectivity index (χ4n) is 2.54. The molecule has 0 amide bonds. The highest BCUT2D eigenvalue weighted by Gasteiger charge is 2.25. The van der Waals surface area contributed by atoms with Gasteiger partial charge in [-0.2, -0.15) is 0 Å². The molecule has 0 rings (SSSR count). The summed E-state index contributed by atoms with van der Waals surface area (Å²) in [5.74, 6) is -1.39. The molecule has 0 aromatic rings. The van der Waals surface area contributed by atoms with Crippen molar-refractivity contribution in [1.82, 2.24) is 0 Å². The largest absolute Gasteiger partial charge is 0.481 e. The SMILES string of the molecule is CC(C)(CCCCCCCCCCCCCC(=O)O)C(=O)O. The average molecular weight is 314 g/mol. The predicted molar refractivity (Wildman–Crippen MR) is 89.1 cm³/mol. The molecule has 0 heterocycles. The van der Waals surface area contributed by atoms with Gasteiger partial charge in [0, 0.05) is 6.42 Å². The van der Waals surface area contributed by atoms with Crippen molar-refractivity contribution in [3.8, 4) is 0 Å². The van der Waals surface area contributed by atoms with Crippen molar-refractivity contribution in [2.45, 2.75) is 97.3 Å². The van der Waals surface area contributed by atoms with Crippen LogP contribution in [0.4, 0.5) is 0 Å². The van der Waals surface area contributed by atoms with E-state index in [1.165, 1.54) is 38.5 Å². The van der Waals surface area contributed by atoms with Gasteiger partial charge in [0.25, 0.3) is 0 Å². The summed E-state index contributed by atoms with van der Waals surface area (Å²) in [6.45, 7) is 3.59. The third-order valence-electron chi connectivity index (χ3n) is 4.27. The molecule has 22 heavy (non-hydrogen) atoms. The number of carboxylic acids is 2. The zero-order valence-electron chi connectivity index (χ0n) is 14.4. The summed E-state index contributed by atoms with van der Waals surface area (Å²) in [5, 5.41) is 17.5. The van der Waals surface area contributed by atoms with E-state index in [0.29, 0.717) is 6.42 Å². The van der Waals surface area contributed by atoms with E-state index in [0.717, 1.165) is 38.5 Å². The lowest BCUT2D eigenvalue weighted by molar-refractivity contribution is -0.147. The number of aliphatic carboxylic acids is 2. The van der Waals surface area contributed by atoms with E-state index < -0.39 is 17.4 Å². The Morgan fingerprint density at radius 1 is 0.682 bits per heavy atom. The Morgan fingerprint density at radius 2 is 1.05 bits per heavy atom. The molecule has 0 aliphatic heterocycles. The Balaban J connectivity index is 3.21. The first-order chi connectivity index (χ1) is 10.4. The van der Waals surface area contributed by atoms with Gasteiger partial charge in [-0.1, -0.05) is 64.2 Å². The highest BCUT2D eigenvalue weighted by molar-refractivity contribution is 5.73. The van der Waals surface area contributed by atoms with Gasteiger partial charge in [0.15, 0.2) is 0 Å². The third-order valence-corrected chi connectivity index (χ3v) is 4.27. The van der Waals surface area contributed by atoms with Crippen LogP contribution >= 0.6 is 0 Å². The van der Waals surface area contributed by atoms with Crippen molar-refractivity contribution in [1.29, 1.82) is 0 Å². The van der Waals surface area contributed by atoms with Crippen LogP contribution in [0.3, 0.4) is 0 Å². The minimum absolute atomic E-state index is 0.304. The molecule has 4 nitrogen and oxygen atoms in total. The smallest absolute Gasteiger partial charge is 0.309 e. The molecule has 0 aliphatic carbocycles. The normalized spacial score (nSPS) is 11.5. The van der Waals surface area contributed by atoms with Gasteiger partial charge in [0.1, 0.15) is 0 Å². The Hall–Kier alpha value is -1.06. The molecular weight excluding hydrogens is 280 g/mol. The number of rotatable bonds is 15. The van der Waals surface area contributed by atoms with E-state index in [1.54, 1.807) is 13.8 Å². The van der Waals surface area contributed by atoms with Crippen LogP contribution < -0.4 is 0 Å². The van der Waals surface area contributed by atoms with Gasteiger partial charge in [-0.25, -0.2) is 0 Å². The van der Waals surface area contributed by atoms with Crippen molar-refractivity contribution < 1.29 is 19.8 Å². The summed E-state index contributed by atoms with van der Waals surface area (Å²) < 4.78 is 0. The molecule has 0 saturated carbocycles. The number of unbranched alkanes of at least 4 members (excludes halogenated alkanes) is 10. The fraction of sp³-hybridized carbons (Fsp3) is 0.889. The van der Waals surface area contributed by atoms with Crippen LogP contribution in [0.25, 0.3) is 0 Å². The van der Waals surface area contributed by atoms with Crippen LogP contribution in [-0.2, 0) is 9.59 Å². The molecule has 0 radical (unpaired) electrons. The topological polar surface area (TPSA) is 74.6 Å². The molecule has 0 aliphatic rings. The van der Waals surface area contributed by atoms with Crippen molar-refractivity contribution in [2.75, 3.05) is 0 Å². The molecule has 0 fully saturated rings. The maximum absolute atomic E-state index is 11.0. The van der Waals surface area contributed by atoms with Gasteiger partial charge in [-0.3, -0.25) is 9.59 Å². The second-order valence-electron chi connectivity index (χ2n) is 6.97. The summed E-state index contributed by atoms with van der Waals surface area (Å²) in [4.78, 5) is 21.3. The highest BCUT2D eigenvalue weighted by atomic mass is 16.4. The quantitative estimate of drug-likeness (QED) is 0.405. The lowest BCUT2D eigenvalue weighted by Gasteiger charge is -2.18. The first-order valence-corrected chi connectivity index (χ1v) is 8.81. The number of hydrogen-bond acceptors (Lipinski definition) is 2. The van der Waals surface area contributed by atoms with Gasteiger partial charge < -0.3 is 10.2 Å². The van der Waals surface area contributed by atoms with Crippen LogP contribution in [0, 0.1) is 5.41 Å². The molecule has 0 aromatic heterocycles. The van der Waals surface area contributed by atoms with E-state index in [4.69, 9.17) is 10.2 Å². The summed E-state index contributed by atoms with van der Waals surface area (Å²) in [5.41, 5.74) is -0.583. The van der Waals surface area contributed by atoms with E-state index in [2.05, 4.69) is 0 Å². The number of hydrogen-bond donors (Lipinski definition) is 2. The first kappa shape index (κ1) is 20.9. The Labute approximate surface area is 135 Å². The van der Waals surface area contributed by atoms with Gasteiger partial charge in [0.05, 0.1) is 5.41 Å². The Morgan fingerprint density at radius 3 is 1.41 bits per heavy atom. The van der Waals surface area contributed by atoms with Crippen molar-refractivity contribution in [3.05, 3.63) is 0 Å². The third kappa shape index (κ3) is 12.7. The molecule has 0 saturated heterocycles. The minimum atomic E-state index is -0.698. The molecule has 0 atom stereocenters. The minimum Gasteiger partial charge on any atom is -0.481 e. The van der Waals surface area contributed by atoms with Crippen LogP contribution in [0.2, 0.25) is 0 Å². The van der Waals surface area contributed by atoms with E-state index in [1.807, 2.05) is 0 Å². The van der Waals surface area contributed by atoms with Gasteiger partial charge >= 0.3 is 11.9 Å². The molecule has 0 bridgehead atoms. The van der Waals surface area contributed by atoms with Gasteiger partial charge in [0.2, 0.25) is 0 Å². The summed E-state index contributed by atoms with van der Waals surface area (Å²) in [7, 11) is 0. The number of carboxylic acid groups (broad SMARTS) is 2. The highest BCUT2D eigenvalue weighted by Crippen LogP contribution is 2.24. The lowest BCUT2D eigenvalue weighted by Crippen LogP contribution is -2.23. The standard InChI is InChI=1S/C18H34O4/c1-18(2,17(21)22)15-13-11-9-7-5-3-4-6-8-10-12-14-16(19)20/h3-15H2,1-2H3,(H,19,20)(H,21,22). The van der Waals surface area contributed by atoms with Crippen LogP contribution in [-0.4, -0.2) is 22.2 Å². The maximum Gasteiger partial charge on any atom is 0.309 e. The summed E-state index contributed by atoms with van der Waals surface area (Å²) in [6, 6.07) is 0. The average Bonchev–Trinajstić information content (AvgIpc) is 2.43. The van der Waals surface area contributed by atoms with Crippen LogP contribution in [0.5, 0.6) is 0 Å². The molecule has 130 valence electrons. The zero-order valence-corrected chi connectivity index (χ0v) is 14.4. The monoisotopic (exact) mass is 314 g/mol. The molecule has 0 aromatic carbocycles. The second kappa shape index (κ2) is 12.5. The molecule has 0 unspecified atom stereocenters. The first-order valence-electron chi connectivity index (χ1n) is 8.81. The summed E-state index contributed by atoms with van der Waals surface area (Å²) in [6.07, 6.45) is 13.6. The number of carbonyl (C=O) groups is 2. The van der Waals surface area contributed by atoms with E-state index in [9.17, 15) is 9.59 Å². The second-order valence-corrected chi connectivity index (χ2v) is 6.97. The zero-order chi connectivity index (χ0) is 16.8.